The highest BCUT2D eigenvalue weighted by molar-refractivity contribution is 8.02. The smallest absolute Gasteiger partial charge is 0.303 e. The zero-order valence-electron chi connectivity index (χ0n) is 5.67. The molecule has 4 heteroatoms. The Labute approximate surface area is 69.6 Å². The number of rotatable bonds is 4. The largest absolute Gasteiger partial charge is 0.450 e. The predicted molar refractivity (Wildman–Crippen MR) is 44.1 cm³/mol. The Balaban J connectivity index is 3.59. The maximum Gasteiger partial charge on any atom is 0.303 e. The van der Waals surface area contributed by atoms with Crippen molar-refractivity contribution < 1.29 is 9.53 Å². The minimum atomic E-state index is -0.319. The van der Waals surface area contributed by atoms with E-state index in [4.69, 9.17) is 16.3 Å². The molecule has 0 N–H and O–H groups in total. The molecule has 10 heavy (non-hydrogen) atoms. The molecule has 0 aromatic heterocycles. The second kappa shape index (κ2) is 5.62. The minimum Gasteiger partial charge on any atom is -0.450 e. The molecule has 58 valence electrons. The third-order valence-electron chi connectivity index (χ3n) is 0.671. The number of carbonyl (C=O) groups is 1. The summed E-state index contributed by atoms with van der Waals surface area (Å²) < 4.78 is 4.76. The van der Waals surface area contributed by atoms with E-state index in [2.05, 4.69) is 6.58 Å². The van der Waals surface area contributed by atoms with Crippen molar-refractivity contribution in [3.63, 3.8) is 0 Å². The van der Waals surface area contributed by atoms with Crippen LogP contribution in [0.15, 0.2) is 12.0 Å². The Hall–Kier alpha value is -0.150. The number of halogens is 1. The highest BCUT2D eigenvalue weighted by Gasteiger charge is 2.07. The molecule has 0 saturated carbocycles. The van der Waals surface area contributed by atoms with Gasteiger partial charge in [0, 0.05) is 6.92 Å². The van der Waals surface area contributed by atoms with Crippen molar-refractivity contribution in [2.24, 2.45) is 0 Å². The lowest BCUT2D eigenvalue weighted by molar-refractivity contribution is -0.141. The first kappa shape index (κ1) is 9.85. The molecule has 0 unspecified atom stereocenters. The second-order valence-corrected chi connectivity index (χ2v) is 2.94. The molecule has 0 heterocycles. The van der Waals surface area contributed by atoms with Gasteiger partial charge in [-0.25, -0.2) is 0 Å². The fourth-order valence-electron chi connectivity index (χ4n) is 0.388. The summed E-state index contributed by atoms with van der Waals surface area (Å²) in [5.74, 6) is -0.0315. The van der Waals surface area contributed by atoms with Crippen LogP contribution in [0.1, 0.15) is 6.92 Å². The minimum absolute atomic E-state index is 0.288. The van der Waals surface area contributed by atoms with Crippen LogP contribution < -0.4 is 0 Å². The van der Waals surface area contributed by atoms with Gasteiger partial charge >= 0.3 is 5.97 Å². The van der Waals surface area contributed by atoms with Crippen LogP contribution in [0.3, 0.4) is 0 Å². The molecule has 0 aliphatic carbocycles. The van der Waals surface area contributed by atoms with E-state index in [0.717, 1.165) is 0 Å². The number of hydrogen-bond acceptors (Lipinski definition) is 3. The molecule has 0 bridgehead atoms. The van der Waals surface area contributed by atoms with E-state index in [1.807, 2.05) is 0 Å². The number of hydrogen-bond donors (Lipinski definition) is 0. The summed E-state index contributed by atoms with van der Waals surface area (Å²) in [7, 11) is 0. The maximum absolute atomic E-state index is 10.4. The molecule has 0 aliphatic heterocycles. The van der Waals surface area contributed by atoms with Gasteiger partial charge in [0.05, 0.1) is 5.88 Å². The first-order chi connectivity index (χ1) is 4.70. The Morgan fingerprint density at radius 2 is 2.60 bits per heavy atom. The zero-order chi connectivity index (χ0) is 7.98. The van der Waals surface area contributed by atoms with Crippen LogP contribution in [0, 0.1) is 0 Å². The van der Waals surface area contributed by atoms with Gasteiger partial charge in [-0.1, -0.05) is 18.3 Å². The summed E-state index contributed by atoms with van der Waals surface area (Å²) in [6, 6.07) is 0. The average Bonchev–Trinajstić information content (AvgIpc) is 1.86. The summed E-state index contributed by atoms with van der Waals surface area (Å²) >= 11 is 6.74. The highest BCUT2D eigenvalue weighted by atomic mass is 35.5. The number of alkyl halides is 1. The molecular weight excluding hydrogens is 172 g/mol. The van der Waals surface area contributed by atoms with Crippen LogP contribution in [0.4, 0.5) is 0 Å². The molecule has 2 nitrogen and oxygen atoms in total. The number of esters is 1. The van der Waals surface area contributed by atoms with Crippen LogP contribution in [0.25, 0.3) is 0 Å². The Kier molecular flexibility index (Phi) is 5.54. The van der Waals surface area contributed by atoms with Crippen LogP contribution in [-0.2, 0) is 9.53 Å². The van der Waals surface area contributed by atoms with E-state index < -0.39 is 0 Å². The van der Waals surface area contributed by atoms with Crippen LogP contribution in [-0.4, -0.2) is 17.3 Å². The van der Waals surface area contributed by atoms with Crippen LogP contribution >= 0.6 is 23.4 Å². The first-order valence-corrected chi connectivity index (χ1v) is 4.18. The van der Waals surface area contributed by atoms with Crippen molar-refractivity contribution in [2.45, 2.75) is 12.4 Å². The fourth-order valence-corrected chi connectivity index (χ4v) is 1.15. The summed E-state index contributed by atoms with van der Waals surface area (Å²) in [4.78, 5) is 10.4. The van der Waals surface area contributed by atoms with Crippen molar-refractivity contribution in [1.29, 1.82) is 0 Å². The third kappa shape index (κ3) is 4.70. The molecule has 0 spiro atoms. The Bertz CT molecular complexity index is 127. The van der Waals surface area contributed by atoms with Crippen molar-refractivity contribution in [3.05, 3.63) is 12.0 Å². The molecule has 0 amide bonds. The third-order valence-corrected chi connectivity index (χ3v) is 1.89. The quantitative estimate of drug-likeness (QED) is 0.376. The molecule has 0 radical (unpaired) electrons. The van der Waals surface area contributed by atoms with Gasteiger partial charge in [0.25, 0.3) is 0 Å². The van der Waals surface area contributed by atoms with Gasteiger partial charge in [-0.15, -0.1) is 11.6 Å². The van der Waals surface area contributed by atoms with Crippen LogP contribution in [0.5, 0.6) is 0 Å². The van der Waals surface area contributed by atoms with E-state index in [1.165, 1.54) is 18.7 Å². The van der Waals surface area contributed by atoms with E-state index >= 15 is 0 Å². The monoisotopic (exact) mass is 180 g/mol. The molecule has 1 atom stereocenters. The number of carbonyl (C=O) groups excluding carboxylic acids is 1. The van der Waals surface area contributed by atoms with Crippen molar-refractivity contribution >= 4 is 29.3 Å². The summed E-state index contributed by atoms with van der Waals surface area (Å²) in [6.07, 6.45) is 0. The summed E-state index contributed by atoms with van der Waals surface area (Å²) in [5, 5.41) is 1.59. The summed E-state index contributed by atoms with van der Waals surface area (Å²) in [6.45, 7) is 4.82. The lowest BCUT2D eigenvalue weighted by atomic mass is 10.8. The summed E-state index contributed by atoms with van der Waals surface area (Å²) in [5.41, 5.74) is -0.295. The zero-order valence-corrected chi connectivity index (χ0v) is 7.24. The van der Waals surface area contributed by atoms with Gasteiger partial charge in [-0.2, -0.15) is 0 Å². The highest BCUT2D eigenvalue weighted by Crippen LogP contribution is 2.14. The van der Waals surface area contributed by atoms with Gasteiger partial charge in [0.2, 0.25) is 0 Å². The number of thioether (sulfide) groups is 1. The molecule has 0 rings (SSSR count). The van der Waals surface area contributed by atoms with Crippen molar-refractivity contribution in [2.75, 3.05) is 5.88 Å². The Morgan fingerprint density at radius 3 is 2.90 bits per heavy atom. The first-order valence-electron chi connectivity index (χ1n) is 2.70. The lowest BCUT2D eigenvalue weighted by Gasteiger charge is -2.09. The molecule has 0 fully saturated rings. The van der Waals surface area contributed by atoms with Crippen molar-refractivity contribution in [1.82, 2.24) is 0 Å². The van der Waals surface area contributed by atoms with Gasteiger partial charge in [-0.3, -0.25) is 4.79 Å². The standard InChI is InChI=1S/C6H9ClO2S/c1-3-10-6(4-7)9-5(2)8/h3,6H,1,4H2,2H3/t6-/m0/s1. The molecular formula is C6H9ClO2S. The van der Waals surface area contributed by atoms with Gasteiger partial charge in [-0.05, 0) is 5.41 Å². The molecule has 0 aliphatic rings. The second-order valence-electron chi connectivity index (χ2n) is 1.50. The van der Waals surface area contributed by atoms with Gasteiger partial charge < -0.3 is 4.74 Å². The Morgan fingerprint density at radius 1 is 2.00 bits per heavy atom. The average molecular weight is 181 g/mol. The normalized spacial score (nSPS) is 12.2. The predicted octanol–water partition coefficient (Wildman–Crippen LogP) is 1.99. The van der Waals surface area contributed by atoms with E-state index in [-0.39, 0.29) is 17.3 Å². The molecule has 0 saturated heterocycles. The maximum atomic E-state index is 10.4. The topological polar surface area (TPSA) is 26.3 Å². The van der Waals surface area contributed by atoms with E-state index in [9.17, 15) is 4.79 Å². The van der Waals surface area contributed by atoms with Crippen molar-refractivity contribution in [3.8, 4) is 0 Å². The molecule has 0 aromatic carbocycles. The van der Waals surface area contributed by atoms with Gasteiger partial charge in [0.1, 0.15) is 0 Å². The fraction of sp³-hybridized carbons (Fsp3) is 0.500. The SMILES string of the molecule is C=CS[C@@H](CCl)OC(C)=O. The molecule has 0 aromatic rings. The van der Waals surface area contributed by atoms with E-state index in [1.54, 1.807) is 5.41 Å². The number of ether oxygens (including phenoxy) is 1. The lowest BCUT2D eigenvalue weighted by Crippen LogP contribution is -2.12. The van der Waals surface area contributed by atoms with E-state index in [0.29, 0.717) is 0 Å². The van der Waals surface area contributed by atoms with Crippen LogP contribution in [0.2, 0.25) is 0 Å². The van der Waals surface area contributed by atoms with Gasteiger partial charge in [0.15, 0.2) is 5.44 Å².